The molecule has 6 N–H and O–H groups in total. The van der Waals surface area contributed by atoms with Crippen LogP contribution in [0.2, 0.25) is 0 Å². The second-order valence-corrected chi connectivity index (χ2v) is 10.3. The first-order valence-electron chi connectivity index (χ1n) is 14.0. The maximum absolute atomic E-state index is 13.2. The van der Waals surface area contributed by atoms with E-state index in [1.165, 1.54) is 13.1 Å². The van der Waals surface area contributed by atoms with Gasteiger partial charge in [0.2, 0.25) is 17.7 Å². The van der Waals surface area contributed by atoms with E-state index in [2.05, 4.69) is 31.6 Å². The third-order valence-electron chi connectivity index (χ3n) is 7.06. The molecule has 1 unspecified atom stereocenters. The zero-order valence-corrected chi connectivity index (χ0v) is 24.7. The van der Waals surface area contributed by atoms with Gasteiger partial charge < -0.3 is 31.5 Å². The Morgan fingerprint density at radius 3 is 1.80 bits per heavy atom. The number of carboxylic acids is 2. The minimum absolute atomic E-state index is 0.0458. The van der Waals surface area contributed by atoms with Crippen LogP contribution in [0.1, 0.15) is 41.9 Å². The van der Waals surface area contributed by atoms with Crippen LogP contribution in [0.3, 0.4) is 0 Å². The zero-order chi connectivity index (χ0) is 33.0. The standard InChI is InChI=1S/C30H35N7O8/c1-3-30(2,29(44)45)37-18-23(35-36-37)28(43)34-22(15-20-12-8-5-9-13-20)27(42)31-16-24(38)33-21(26(41)32-17-25(39)40)14-19-10-6-4-7-11-19/h4-13,18,21-22H,3,14-17H2,1-2H3,(H,31,42)(H,32,41)(H,33,38)(H,34,43)(H,39,40)(H,44,45)/t21-,22-,30?/m0/s1. The van der Waals surface area contributed by atoms with Gasteiger partial charge in [0.05, 0.1) is 12.7 Å². The van der Waals surface area contributed by atoms with Gasteiger partial charge in [0.15, 0.2) is 11.2 Å². The number of carbonyl (C=O) groups is 6. The summed E-state index contributed by atoms with van der Waals surface area (Å²) in [5.74, 6) is -5.36. The van der Waals surface area contributed by atoms with Crippen LogP contribution in [0.25, 0.3) is 0 Å². The van der Waals surface area contributed by atoms with Crippen LogP contribution in [0.15, 0.2) is 66.9 Å². The smallest absolute Gasteiger partial charge is 0.331 e. The molecule has 0 fully saturated rings. The summed E-state index contributed by atoms with van der Waals surface area (Å²) in [5, 5.41) is 35.9. The average Bonchev–Trinajstić information content (AvgIpc) is 3.53. The fourth-order valence-electron chi connectivity index (χ4n) is 4.19. The number of amides is 4. The molecule has 45 heavy (non-hydrogen) atoms. The summed E-state index contributed by atoms with van der Waals surface area (Å²) in [6, 6.07) is 15.3. The largest absolute Gasteiger partial charge is 0.480 e. The van der Waals surface area contributed by atoms with Gasteiger partial charge in [-0.15, -0.1) is 5.10 Å². The normalized spacial score (nSPS) is 13.4. The first-order chi connectivity index (χ1) is 21.4. The van der Waals surface area contributed by atoms with E-state index in [1.54, 1.807) is 67.6 Å². The van der Waals surface area contributed by atoms with E-state index in [9.17, 15) is 33.9 Å². The highest BCUT2D eigenvalue weighted by Gasteiger charge is 2.35. The summed E-state index contributed by atoms with van der Waals surface area (Å²) in [6.45, 7) is 1.89. The third kappa shape index (κ3) is 9.71. The fraction of sp³-hybridized carbons (Fsp3) is 0.333. The first-order valence-corrected chi connectivity index (χ1v) is 14.0. The van der Waals surface area contributed by atoms with Gasteiger partial charge in [-0.2, -0.15) is 0 Å². The maximum atomic E-state index is 13.2. The Morgan fingerprint density at radius 2 is 1.31 bits per heavy atom. The van der Waals surface area contributed by atoms with Crippen LogP contribution >= 0.6 is 0 Å². The lowest BCUT2D eigenvalue weighted by Gasteiger charge is -2.22. The molecule has 3 rings (SSSR count). The number of aromatic nitrogens is 3. The van der Waals surface area contributed by atoms with Crippen LogP contribution in [-0.4, -0.2) is 85.9 Å². The Hall–Kier alpha value is -5.60. The molecule has 2 aromatic carbocycles. The van der Waals surface area contributed by atoms with Crippen LogP contribution in [0.4, 0.5) is 0 Å². The van der Waals surface area contributed by atoms with Gasteiger partial charge in [0.1, 0.15) is 18.6 Å². The number of hydrogen-bond donors (Lipinski definition) is 6. The van der Waals surface area contributed by atoms with Crippen LogP contribution < -0.4 is 21.3 Å². The van der Waals surface area contributed by atoms with E-state index in [0.29, 0.717) is 11.1 Å². The Bertz CT molecular complexity index is 1510. The van der Waals surface area contributed by atoms with Crippen LogP contribution in [0, 0.1) is 0 Å². The maximum Gasteiger partial charge on any atom is 0.331 e. The van der Waals surface area contributed by atoms with Crippen molar-refractivity contribution in [2.45, 2.75) is 50.7 Å². The second kappa shape index (κ2) is 15.7. The number of carboxylic acid groups (broad SMARTS) is 2. The fourth-order valence-corrected chi connectivity index (χ4v) is 4.19. The molecule has 0 bridgehead atoms. The number of nitrogens with zero attached hydrogens (tertiary/aromatic N) is 3. The highest BCUT2D eigenvalue weighted by molar-refractivity contribution is 5.97. The summed E-state index contributed by atoms with van der Waals surface area (Å²) >= 11 is 0. The van der Waals surface area contributed by atoms with Gasteiger partial charge >= 0.3 is 11.9 Å². The van der Waals surface area contributed by atoms with Gasteiger partial charge in [-0.3, -0.25) is 24.0 Å². The molecule has 1 aromatic heterocycles. The number of rotatable bonds is 16. The Morgan fingerprint density at radius 1 is 0.800 bits per heavy atom. The van der Waals surface area contributed by atoms with E-state index in [1.807, 2.05) is 0 Å². The van der Waals surface area contributed by atoms with Crippen molar-refractivity contribution in [3.63, 3.8) is 0 Å². The van der Waals surface area contributed by atoms with Crippen molar-refractivity contribution in [1.82, 2.24) is 36.3 Å². The summed E-state index contributed by atoms with van der Waals surface area (Å²) in [7, 11) is 0. The van der Waals surface area contributed by atoms with E-state index in [4.69, 9.17) is 5.11 Å². The molecule has 1 heterocycles. The molecule has 4 amide bonds. The van der Waals surface area contributed by atoms with E-state index in [0.717, 1.165) is 4.68 Å². The SMILES string of the molecule is CCC(C)(C(=O)O)n1cc(C(=O)N[C@@H](Cc2ccccc2)C(=O)NCC(=O)N[C@@H](Cc2ccccc2)C(=O)NCC(=O)O)nn1. The molecule has 0 aliphatic carbocycles. The molecule has 238 valence electrons. The predicted octanol–water partition coefficient (Wildman–Crippen LogP) is -0.126. The molecule has 0 saturated heterocycles. The quantitative estimate of drug-likeness (QED) is 0.124. The molecular weight excluding hydrogens is 586 g/mol. The van der Waals surface area contributed by atoms with Crippen LogP contribution in [0.5, 0.6) is 0 Å². The zero-order valence-electron chi connectivity index (χ0n) is 24.7. The predicted molar refractivity (Wildman–Crippen MR) is 159 cm³/mol. The lowest BCUT2D eigenvalue weighted by molar-refractivity contribution is -0.147. The minimum atomic E-state index is -1.44. The van der Waals surface area contributed by atoms with Crippen molar-refractivity contribution >= 4 is 35.6 Å². The van der Waals surface area contributed by atoms with E-state index in [-0.39, 0.29) is 25.0 Å². The van der Waals surface area contributed by atoms with Crippen molar-refractivity contribution < 1.29 is 39.0 Å². The topological polar surface area (TPSA) is 222 Å². The number of aliphatic carboxylic acids is 2. The number of carbonyl (C=O) groups excluding carboxylic acids is 4. The third-order valence-corrected chi connectivity index (χ3v) is 7.06. The molecule has 0 spiro atoms. The van der Waals surface area contributed by atoms with E-state index >= 15 is 0 Å². The molecule has 15 heteroatoms. The molecule has 0 radical (unpaired) electrons. The number of benzene rings is 2. The van der Waals surface area contributed by atoms with Gasteiger partial charge in [-0.05, 0) is 24.5 Å². The molecular formula is C30H35N7O8. The highest BCUT2D eigenvalue weighted by atomic mass is 16.4. The number of nitrogens with one attached hydrogen (secondary N) is 4. The Labute approximate surface area is 258 Å². The summed E-state index contributed by atoms with van der Waals surface area (Å²) in [5.41, 5.74) is -0.241. The molecule has 0 aliphatic rings. The molecule has 0 aliphatic heterocycles. The first kappa shape index (κ1) is 33.9. The van der Waals surface area contributed by atoms with Gasteiger partial charge in [-0.1, -0.05) is 72.8 Å². The van der Waals surface area contributed by atoms with Crippen molar-refractivity contribution in [3.05, 3.63) is 83.7 Å². The van der Waals surface area contributed by atoms with Gasteiger partial charge in [-0.25, -0.2) is 9.48 Å². The van der Waals surface area contributed by atoms with E-state index < -0.39 is 66.3 Å². The van der Waals surface area contributed by atoms with Crippen molar-refractivity contribution in [2.75, 3.05) is 13.1 Å². The summed E-state index contributed by atoms with van der Waals surface area (Å²) in [4.78, 5) is 74.5. The lowest BCUT2D eigenvalue weighted by atomic mass is 10.00. The molecule has 15 nitrogen and oxygen atoms in total. The lowest BCUT2D eigenvalue weighted by Crippen LogP contribution is -2.53. The molecule has 0 saturated carbocycles. The Kier molecular flexibility index (Phi) is 11.9. The Balaban J connectivity index is 1.71. The second-order valence-electron chi connectivity index (χ2n) is 10.3. The molecule has 3 aromatic rings. The monoisotopic (exact) mass is 621 g/mol. The van der Waals surface area contributed by atoms with Crippen LogP contribution in [-0.2, 0) is 42.4 Å². The summed E-state index contributed by atoms with van der Waals surface area (Å²) in [6.07, 6.45) is 1.46. The van der Waals surface area contributed by atoms with Crippen molar-refractivity contribution in [2.24, 2.45) is 0 Å². The highest BCUT2D eigenvalue weighted by Crippen LogP contribution is 2.19. The molecule has 3 atom stereocenters. The minimum Gasteiger partial charge on any atom is -0.480 e. The van der Waals surface area contributed by atoms with Crippen molar-refractivity contribution in [3.8, 4) is 0 Å². The average molecular weight is 622 g/mol. The van der Waals surface area contributed by atoms with Gasteiger partial charge in [0.25, 0.3) is 5.91 Å². The van der Waals surface area contributed by atoms with Gasteiger partial charge in [0, 0.05) is 12.8 Å². The summed E-state index contributed by atoms with van der Waals surface area (Å²) < 4.78 is 1.07. The number of hydrogen-bond acceptors (Lipinski definition) is 8. The van der Waals surface area contributed by atoms with Crippen molar-refractivity contribution in [1.29, 1.82) is 0 Å².